The predicted octanol–water partition coefficient (Wildman–Crippen LogP) is 0.502. The number of hydrogen-bond donors (Lipinski definition) is 1. The van der Waals surface area contributed by atoms with E-state index in [0.29, 0.717) is 0 Å². The molecule has 1 aromatic heterocycles. The Hall–Kier alpha value is -1.03. The van der Waals surface area contributed by atoms with Crippen molar-refractivity contribution in [3.05, 3.63) is 12.4 Å². The van der Waals surface area contributed by atoms with Gasteiger partial charge in [0.15, 0.2) is 0 Å². The van der Waals surface area contributed by atoms with Crippen LogP contribution in [0.25, 0.3) is 0 Å². The Morgan fingerprint density at radius 2 is 2.50 bits per heavy atom. The lowest BCUT2D eigenvalue weighted by Gasteiger charge is -2.37. The second-order valence-corrected chi connectivity index (χ2v) is 3.77. The minimum atomic E-state index is 0.262. The standard InChI is InChI=1S/C8H13N3O/c1-8(5-12-6-8)4-11-3-7(9)2-10-11/h2-3H,4-6,9H2,1H3. The zero-order valence-electron chi connectivity index (χ0n) is 7.16. The SMILES string of the molecule is CC1(Cn2cc(N)cn2)COC1. The van der Waals surface area contributed by atoms with E-state index in [2.05, 4.69) is 12.0 Å². The van der Waals surface area contributed by atoms with E-state index in [1.807, 2.05) is 10.9 Å². The summed E-state index contributed by atoms with van der Waals surface area (Å²) in [5, 5.41) is 4.12. The topological polar surface area (TPSA) is 53.1 Å². The third-order valence-corrected chi connectivity index (χ3v) is 2.10. The van der Waals surface area contributed by atoms with Crippen molar-refractivity contribution in [1.29, 1.82) is 0 Å². The van der Waals surface area contributed by atoms with Gasteiger partial charge in [-0.15, -0.1) is 0 Å². The van der Waals surface area contributed by atoms with E-state index in [1.54, 1.807) is 6.20 Å². The summed E-state index contributed by atoms with van der Waals surface area (Å²) in [5.74, 6) is 0. The van der Waals surface area contributed by atoms with Crippen molar-refractivity contribution in [1.82, 2.24) is 9.78 Å². The number of nitrogens with two attached hydrogens (primary N) is 1. The Morgan fingerprint density at radius 1 is 1.75 bits per heavy atom. The minimum absolute atomic E-state index is 0.262. The summed E-state index contributed by atoms with van der Waals surface area (Å²) in [7, 11) is 0. The van der Waals surface area contributed by atoms with Gasteiger partial charge < -0.3 is 10.5 Å². The summed E-state index contributed by atoms with van der Waals surface area (Å²) >= 11 is 0. The fourth-order valence-electron chi connectivity index (χ4n) is 1.40. The van der Waals surface area contributed by atoms with Crippen LogP contribution in [-0.2, 0) is 11.3 Å². The van der Waals surface area contributed by atoms with Crippen LogP contribution in [0.3, 0.4) is 0 Å². The Kier molecular flexibility index (Phi) is 1.58. The van der Waals surface area contributed by atoms with Crippen molar-refractivity contribution in [2.45, 2.75) is 13.5 Å². The Morgan fingerprint density at radius 3 is 2.92 bits per heavy atom. The van der Waals surface area contributed by atoms with E-state index in [1.165, 1.54) is 0 Å². The quantitative estimate of drug-likeness (QED) is 0.698. The van der Waals surface area contributed by atoms with Gasteiger partial charge in [-0.1, -0.05) is 6.92 Å². The van der Waals surface area contributed by atoms with Crippen LogP contribution in [0.4, 0.5) is 5.69 Å². The maximum Gasteiger partial charge on any atom is 0.0719 e. The molecule has 2 rings (SSSR count). The molecular formula is C8H13N3O. The molecule has 66 valence electrons. The van der Waals surface area contributed by atoms with E-state index in [4.69, 9.17) is 10.5 Å². The molecule has 4 heteroatoms. The lowest BCUT2D eigenvalue weighted by atomic mass is 9.89. The molecule has 1 fully saturated rings. The van der Waals surface area contributed by atoms with E-state index < -0.39 is 0 Å². The van der Waals surface area contributed by atoms with E-state index in [9.17, 15) is 0 Å². The van der Waals surface area contributed by atoms with Crippen molar-refractivity contribution in [2.75, 3.05) is 18.9 Å². The average Bonchev–Trinajstić information content (AvgIpc) is 2.32. The number of anilines is 1. The van der Waals surface area contributed by atoms with E-state index in [0.717, 1.165) is 25.4 Å². The molecule has 4 nitrogen and oxygen atoms in total. The first-order valence-corrected chi connectivity index (χ1v) is 4.04. The highest BCUT2D eigenvalue weighted by Crippen LogP contribution is 2.28. The summed E-state index contributed by atoms with van der Waals surface area (Å²) in [6.07, 6.45) is 3.52. The molecule has 0 aromatic carbocycles. The normalized spacial score (nSPS) is 20.4. The maximum absolute atomic E-state index is 5.54. The molecule has 1 aliphatic rings. The number of hydrogen-bond acceptors (Lipinski definition) is 3. The number of rotatable bonds is 2. The lowest BCUT2D eigenvalue weighted by Crippen LogP contribution is -2.43. The Bertz CT molecular complexity index is 278. The van der Waals surface area contributed by atoms with Gasteiger partial charge >= 0.3 is 0 Å². The molecule has 1 saturated heterocycles. The summed E-state index contributed by atoms with van der Waals surface area (Å²) in [5.41, 5.74) is 6.53. The first kappa shape index (κ1) is 7.61. The van der Waals surface area contributed by atoms with Crippen molar-refractivity contribution >= 4 is 5.69 Å². The fraction of sp³-hybridized carbons (Fsp3) is 0.625. The van der Waals surface area contributed by atoms with Crippen LogP contribution in [-0.4, -0.2) is 23.0 Å². The van der Waals surface area contributed by atoms with Crippen molar-refractivity contribution in [3.63, 3.8) is 0 Å². The first-order valence-electron chi connectivity index (χ1n) is 4.04. The van der Waals surface area contributed by atoms with Crippen molar-refractivity contribution in [3.8, 4) is 0 Å². The molecule has 0 atom stereocenters. The number of nitrogens with zero attached hydrogens (tertiary/aromatic N) is 2. The maximum atomic E-state index is 5.54. The van der Waals surface area contributed by atoms with Gasteiger partial charge in [-0.3, -0.25) is 4.68 Å². The molecule has 2 N–H and O–H groups in total. The summed E-state index contributed by atoms with van der Waals surface area (Å²) in [6.45, 7) is 4.73. The van der Waals surface area contributed by atoms with Crippen molar-refractivity contribution < 1.29 is 4.74 Å². The number of ether oxygens (including phenoxy) is 1. The molecule has 12 heavy (non-hydrogen) atoms. The largest absolute Gasteiger partial charge is 0.396 e. The third kappa shape index (κ3) is 1.30. The Balaban J connectivity index is 2.03. The van der Waals surface area contributed by atoms with Gasteiger partial charge in [0.05, 0.1) is 31.6 Å². The second-order valence-electron chi connectivity index (χ2n) is 3.77. The molecule has 0 spiro atoms. The van der Waals surface area contributed by atoms with Gasteiger partial charge in [0.2, 0.25) is 0 Å². The highest BCUT2D eigenvalue weighted by molar-refractivity contribution is 5.30. The van der Waals surface area contributed by atoms with Crippen LogP contribution < -0.4 is 5.73 Å². The molecule has 0 aliphatic carbocycles. The van der Waals surface area contributed by atoms with Gasteiger partial charge in [-0.2, -0.15) is 5.10 Å². The number of aromatic nitrogens is 2. The molecule has 0 bridgehead atoms. The van der Waals surface area contributed by atoms with Crippen LogP contribution >= 0.6 is 0 Å². The first-order chi connectivity index (χ1) is 5.68. The lowest BCUT2D eigenvalue weighted by molar-refractivity contribution is -0.111. The smallest absolute Gasteiger partial charge is 0.0719 e. The summed E-state index contributed by atoms with van der Waals surface area (Å²) in [6, 6.07) is 0. The monoisotopic (exact) mass is 167 g/mol. The van der Waals surface area contributed by atoms with E-state index in [-0.39, 0.29) is 5.41 Å². The van der Waals surface area contributed by atoms with Gasteiger partial charge in [0, 0.05) is 11.6 Å². The molecule has 2 heterocycles. The van der Waals surface area contributed by atoms with Crippen LogP contribution in [0.2, 0.25) is 0 Å². The van der Waals surface area contributed by atoms with Crippen LogP contribution in [0, 0.1) is 5.41 Å². The third-order valence-electron chi connectivity index (χ3n) is 2.10. The summed E-state index contributed by atoms with van der Waals surface area (Å²) < 4.78 is 7.02. The average molecular weight is 167 g/mol. The molecule has 1 aromatic rings. The highest BCUT2D eigenvalue weighted by Gasteiger charge is 2.33. The van der Waals surface area contributed by atoms with Gasteiger partial charge in [0.25, 0.3) is 0 Å². The van der Waals surface area contributed by atoms with Gasteiger partial charge in [-0.25, -0.2) is 0 Å². The van der Waals surface area contributed by atoms with Crippen LogP contribution in [0.5, 0.6) is 0 Å². The van der Waals surface area contributed by atoms with Crippen molar-refractivity contribution in [2.24, 2.45) is 5.41 Å². The van der Waals surface area contributed by atoms with Crippen LogP contribution in [0.1, 0.15) is 6.92 Å². The zero-order chi connectivity index (χ0) is 8.60. The zero-order valence-corrected chi connectivity index (χ0v) is 7.16. The molecule has 0 saturated carbocycles. The molecule has 1 aliphatic heterocycles. The van der Waals surface area contributed by atoms with Gasteiger partial charge in [-0.05, 0) is 0 Å². The molecule has 0 unspecified atom stereocenters. The molecule has 0 radical (unpaired) electrons. The van der Waals surface area contributed by atoms with E-state index >= 15 is 0 Å². The molecular weight excluding hydrogens is 154 g/mol. The molecule has 0 amide bonds. The number of nitrogen functional groups attached to an aromatic ring is 1. The summed E-state index contributed by atoms with van der Waals surface area (Å²) in [4.78, 5) is 0. The van der Waals surface area contributed by atoms with Crippen LogP contribution in [0.15, 0.2) is 12.4 Å². The van der Waals surface area contributed by atoms with Gasteiger partial charge in [0.1, 0.15) is 0 Å². The fourth-order valence-corrected chi connectivity index (χ4v) is 1.40. The highest BCUT2D eigenvalue weighted by atomic mass is 16.5. The predicted molar refractivity (Wildman–Crippen MR) is 45.6 cm³/mol. The second kappa shape index (κ2) is 2.48. The Labute approximate surface area is 71.3 Å². The minimum Gasteiger partial charge on any atom is -0.396 e.